The van der Waals surface area contributed by atoms with E-state index in [4.69, 9.17) is 0 Å². The highest BCUT2D eigenvalue weighted by Gasteiger charge is 2.26. The van der Waals surface area contributed by atoms with Gasteiger partial charge in [0.1, 0.15) is 0 Å². The second kappa shape index (κ2) is 7.81. The lowest BCUT2D eigenvalue weighted by Crippen LogP contribution is -2.27. The standard InChI is InChI=1S/C11H23BrO/c1-3-5-7-11(9-12,10-13)8-6-4-2/h13H,3-10H2,1-2H3. The van der Waals surface area contributed by atoms with Gasteiger partial charge in [0.25, 0.3) is 0 Å². The van der Waals surface area contributed by atoms with Crippen molar-refractivity contribution in [2.75, 3.05) is 11.9 Å². The van der Waals surface area contributed by atoms with E-state index in [1.165, 1.54) is 25.7 Å². The first-order valence-corrected chi connectivity index (χ1v) is 6.53. The molecule has 0 heterocycles. The zero-order valence-corrected chi connectivity index (χ0v) is 10.6. The molecule has 80 valence electrons. The summed E-state index contributed by atoms with van der Waals surface area (Å²) in [6, 6.07) is 0. The molecule has 0 amide bonds. The van der Waals surface area contributed by atoms with E-state index in [1.807, 2.05) is 0 Å². The van der Waals surface area contributed by atoms with E-state index in [1.54, 1.807) is 0 Å². The third kappa shape index (κ3) is 5.02. The van der Waals surface area contributed by atoms with E-state index >= 15 is 0 Å². The van der Waals surface area contributed by atoms with Crippen molar-refractivity contribution in [2.45, 2.75) is 52.4 Å². The van der Waals surface area contributed by atoms with Crippen LogP contribution in [0, 0.1) is 5.41 Å². The summed E-state index contributed by atoms with van der Waals surface area (Å²) in [6.07, 6.45) is 7.23. The van der Waals surface area contributed by atoms with Crippen molar-refractivity contribution in [1.82, 2.24) is 0 Å². The van der Waals surface area contributed by atoms with Gasteiger partial charge in [-0.25, -0.2) is 0 Å². The molecule has 0 atom stereocenters. The number of hydrogen-bond acceptors (Lipinski definition) is 1. The molecule has 1 nitrogen and oxygen atoms in total. The SMILES string of the molecule is CCCCC(CO)(CBr)CCCC. The first-order valence-electron chi connectivity index (χ1n) is 5.41. The average molecular weight is 251 g/mol. The molecule has 0 fully saturated rings. The zero-order valence-electron chi connectivity index (χ0n) is 8.98. The lowest BCUT2D eigenvalue weighted by Gasteiger charge is -2.29. The Balaban J connectivity index is 3.97. The molecule has 0 saturated heterocycles. The van der Waals surface area contributed by atoms with Gasteiger partial charge in [0.05, 0.1) is 0 Å². The molecule has 0 aliphatic rings. The summed E-state index contributed by atoms with van der Waals surface area (Å²) in [6.45, 7) is 4.74. The molecule has 0 radical (unpaired) electrons. The van der Waals surface area contributed by atoms with Gasteiger partial charge in [0.2, 0.25) is 0 Å². The van der Waals surface area contributed by atoms with E-state index < -0.39 is 0 Å². The number of rotatable bonds is 8. The third-order valence-corrected chi connectivity index (χ3v) is 3.93. The summed E-state index contributed by atoms with van der Waals surface area (Å²) in [7, 11) is 0. The average Bonchev–Trinajstić information content (AvgIpc) is 2.20. The summed E-state index contributed by atoms with van der Waals surface area (Å²) < 4.78 is 0. The van der Waals surface area contributed by atoms with Crippen molar-refractivity contribution >= 4 is 15.9 Å². The molecular formula is C11H23BrO. The molecule has 0 aromatic heterocycles. The molecule has 0 aliphatic heterocycles. The fourth-order valence-corrected chi connectivity index (χ4v) is 2.30. The van der Waals surface area contributed by atoms with E-state index in [9.17, 15) is 5.11 Å². The van der Waals surface area contributed by atoms with Crippen molar-refractivity contribution in [3.05, 3.63) is 0 Å². The highest BCUT2D eigenvalue weighted by atomic mass is 79.9. The van der Waals surface area contributed by atoms with Crippen LogP contribution in [-0.2, 0) is 0 Å². The van der Waals surface area contributed by atoms with E-state index in [-0.39, 0.29) is 5.41 Å². The maximum Gasteiger partial charge on any atom is 0.0495 e. The van der Waals surface area contributed by atoms with Crippen LogP contribution >= 0.6 is 15.9 Å². The van der Waals surface area contributed by atoms with Crippen molar-refractivity contribution in [3.8, 4) is 0 Å². The van der Waals surface area contributed by atoms with Gasteiger partial charge < -0.3 is 5.11 Å². The number of aliphatic hydroxyl groups is 1. The zero-order chi connectivity index (χ0) is 10.2. The van der Waals surface area contributed by atoms with Gasteiger partial charge in [0.15, 0.2) is 0 Å². The fraction of sp³-hybridized carbons (Fsp3) is 1.00. The molecule has 0 aliphatic carbocycles. The van der Waals surface area contributed by atoms with Gasteiger partial charge in [-0.3, -0.25) is 0 Å². The maximum absolute atomic E-state index is 9.40. The van der Waals surface area contributed by atoms with Crippen LogP contribution in [0.2, 0.25) is 0 Å². The quantitative estimate of drug-likeness (QED) is 0.651. The third-order valence-electron chi connectivity index (χ3n) is 2.74. The molecule has 0 aromatic rings. The van der Waals surface area contributed by atoms with Crippen molar-refractivity contribution in [2.24, 2.45) is 5.41 Å². The summed E-state index contributed by atoms with van der Waals surface area (Å²) in [5.74, 6) is 0. The Kier molecular flexibility index (Phi) is 8.07. The minimum absolute atomic E-state index is 0.159. The number of alkyl halides is 1. The Morgan fingerprint density at radius 1 is 1.08 bits per heavy atom. The Morgan fingerprint density at radius 3 is 1.77 bits per heavy atom. The Hall–Kier alpha value is 0.440. The highest BCUT2D eigenvalue weighted by molar-refractivity contribution is 9.09. The molecule has 2 heteroatoms. The first-order chi connectivity index (χ1) is 6.24. The van der Waals surface area contributed by atoms with Crippen LogP contribution < -0.4 is 0 Å². The molecule has 0 unspecified atom stereocenters. The van der Waals surface area contributed by atoms with E-state index in [0.717, 1.165) is 18.2 Å². The number of unbranched alkanes of at least 4 members (excludes halogenated alkanes) is 2. The summed E-state index contributed by atoms with van der Waals surface area (Å²) >= 11 is 3.53. The van der Waals surface area contributed by atoms with Crippen LogP contribution in [0.15, 0.2) is 0 Å². The summed E-state index contributed by atoms with van der Waals surface area (Å²) in [5, 5.41) is 10.3. The van der Waals surface area contributed by atoms with Crippen LogP contribution in [0.3, 0.4) is 0 Å². The maximum atomic E-state index is 9.40. The molecule has 0 aromatic carbocycles. The molecular weight excluding hydrogens is 228 g/mol. The predicted molar refractivity (Wildman–Crippen MR) is 62.4 cm³/mol. The van der Waals surface area contributed by atoms with Crippen molar-refractivity contribution in [1.29, 1.82) is 0 Å². The fourth-order valence-electron chi connectivity index (χ4n) is 1.56. The van der Waals surface area contributed by atoms with E-state index in [2.05, 4.69) is 29.8 Å². The number of halogens is 1. The Bertz CT molecular complexity index is 101. The minimum Gasteiger partial charge on any atom is -0.396 e. The van der Waals surface area contributed by atoms with Gasteiger partial charge in [0, 0.05) is 17.4 Å². The normalized spacial score (nSPS) is 12.0. The van der Waals surface area contributed by atoms with Crippen LogP contribution in [-0.4, -0.2) is 17.0 Å². The highest BCUT2D eigenvalue weighted by Crippen LogP contribution is 2.32. The van der Waals surface area contributed by atoms with Crippen LogP contribution in [0.25, 0.3) is 0 Å². The lowest BCUT2D eigenvalue weighted by atomic mass is 9.81. The number of aliphatic hydroxyl groups excluding tert-OH is 1. The van der Waals surface area contributed by atoms with Gasteiger partial charge in [-0.2, -0.15) is 0 Å². The molecule has 0 bridgehead atoms. The van der Waals surface area contributed by atoms with Crippen LogP contribution in [0.5, 0.6) is 0 Å². The minimum atomic E-state index is 0.159. The molecule has 0 spiro atoms. The van der Waals surface area contributed by atoms with Gasteiger partial charge >= 0.3 is 0 Å². The molecule has 13 heavy (non-hydrogen) atoms. The van der Waals surface area contributed by atoms with E-state index in [0.29, 0.717) is 6.61 Å². The second-order valence-electron chi connectivity index (χ2n) is 4.00. The molecule has 0 saturated carbocycles. The summed E-state index contributed by atoms with van der Waals surface area (Å²) in [5.41, 5.74) is 0.159. The largest absolute Gasteiger partial charge is 0.396 e. The van der Waals surface area contributed by atoms with Gasteiger partial charge in [-0.05, 0) is 12.8 Å². The van der Waals surface area contributed by atoms with Crippen molar-refractivity contribution in [3.63, 3.8) is 0 Å². The smallest absolute Gasteiger partial charge is 0.0495 e. The van der Waals surface area contributed by atoms with Gasteiger partial charge in [-0.1, -0.05) is 55.5 Å². The topological polar surface area (TPSA) is 20.2 Å². The Morgan fingerprint density at radius 2 is 1.54 bits per heavy atom. The first kappa shape index (κ1) is 13.4. The van der Waals surface area contributed by atoms with Crippen LogP contribution in [0.4, 0.5) is 0 Å². The van der Waals surface area contributed by atoms with Crippen molar-refractivity contribution < 1.29 is 5.11 Å². The molecule has 0 rings (SSSR count). The predicted octanol–water partition coefficient (Wildman–Crippen LogP) is 3.74. The van der Waals surface area contributed by atoms with Gasteiger partial charge in [-0.15, -0.1) is 0 Å². The summed E-state index contributed by atoms with van der Waals surface area (Å²) in [4.78, 5) is 0. The van der Waals surface area contributed by atoms with Crippen LogP contribution in [0.1, 0.15) is 52.4 Å². The molecule has 1 N–H and O–H groups in total. The monoisotopic (exact) mass is 250 g/mol. The number of hydrogen-bond donors (Lipinski definition) is 1. The second-order valence-corrected chi connectivity index (χ2v) is 4.56. The lowest BCUT2D eigenvalue weighted by molar-refractivity contribution is 0.123. The Labute approximate surface area is 91.1 Å².